The summed E-state index contributed by atoms with van der Waals surface area (Å²) in [7, 11) is 0. The highest BCUT2D eigenvalue weighted by Gasteiger charge is 2.52. The molecule has 2 aliphatic carbocycles. The van der Waals surface area contributed by atoms with Crippen molar-refractivity contribution in [2.24, 2.45) is 17.8 Å². The lowest BCUT2D eigenvalue weighted by Crippen LogP contribution is -2.41. The third kappa shape index (κ3) is 1.25. The van der Waals surface area contributed by atoms with Crippen molar-refractivity contribution < 1.29 is 14.3 Å². The summed E-state index contributed by atoms with van der Waals surface area (Å²) in [6, 6.07) is 0. The predicted octanol–water partition coefficient (Wildman–Crippen LogP) is 2.24. The molecule has 0 aromatic heterocycles. The van der Waals surface area contributed by atoms with E-state index in [2.05, 4.69) is 0 Å². The lowest BCUT2D eigenvalue weighted by Gasteiger charge is -2.30. The molecule has 0 amide bonds. The summed E-state index contributed by atoms with van der Waals surface area (Å²) in [4.78, 5) is 10.7. The predicted molar refractivity (Wildman–Crippen MR) is 46.1 cm³/mol. The molecule has 74 valence electrons. The van der Waals surface area contributed by atoms with Crippen LogP contribution in [0.25, 0.3) is 0 Å². The Balaban J connectivity index is 2.14. The lowest BCUT2D eigenvalue weighted by molar-refractivity contribution is -0.155. The van der Waals surface area contributed by atoms with Gasteiger partial charge in [0.15, 0.2) is 0 Å². The van der Waals surface area contributed by atoms with Crippen molar-refractivity contribution in [3.05, 3.63) is 0 Å². The van der Waals surface area contributed by atoms with E-state index in [9.17, 15) is 9.18 Å². The van der Waals surface area contributed by atoms with Gasteiger partial charge in [0.05, 0.1) is 0 Å². The number of hydrogen-bond acceptors (Lipinski definition) is 1. The van der Waals surface area contributed by atoms with E-state index in [0.717, 1.165) is 19.3 Å². The first kappa shape index (κ1) is 8.97. The van der Waals surface area contributed by atoms with Gasteiger partial charge in [0.25, 0.3) is 0 Å². The van der Waals surface area contributed by atoms with Crippen LogP contribution >= 0.6 is 0 Å². The van der Waals surface area contributed by atoms with Crippen molar-refractivity contribution >= 4 is 5.97 Å². The molecule has 0 aromatic rings. The lowest BCUT2D eigenvalue weighted by atomic mass is 9.78. The monoisotopic (exact) mass is 186 g/mol. The van der Waals surface area contributed by atoms with Crippen molar-refractivity contribution in [2.75, 3.05) is 0 Å². The summed E-state index contributed by atoms with van der Waals surface area (Å²) >= 11 is 0. The Bertz CT molecular complexity index is 237. The first-order valence-electron chi connectivity index (χ1n) is 4.94. The molecule has 2 bridgehead atoms. The van der Waals surface area contributed by atoms with E-state index in [0.29, 0.717) is 11.8 Å². The van der Waals surface area contributed by atoms with Crippen LogP contribution in [0.4, 0.5) is 4.39 Å². The smallest absolute Gasteiger partial charge is 0.341 e. The number of alkyl halides is 1. The van der Waals surface area contributed by atoms with Crippen molar-refractivity contribution in [3.63, 3.8) is 0 Å². The van der Waals surface area contributed by atoms with Gasteiger partial charge in [-0.15, -0.1) is 0 Å². The minimum atomic E-state index is -2.00. The van der Waals surface area contributed by atoms with Crippen LogP contribution in [-0.4, -0.2) is 16.7 Å². The molecule has 13 heavy (non-hydrogen) atoms. The number of rotatable bonds is 2. The maximum absolute atomic E-state index is 13.8. The SMILES string of the molecule is CC(F)(C(=O)O)C1CC2CCC1C2. The summed E-state index contributed by atoms with van der Waals surface area (Å²) in [5.41, 5.74) is -2.00. The number of fused-ring (bicyclic) bond motifs is 2. The van der Waals surface area contributed by atoms with Crippen LogP contribution in [0.2, 0.25) is 0 Å². The van der Waals surface area contributed by atoms with Crippen LogP contribution in [0.15, 0.2) is 0 Å². The van der Waals surface area contributed by atoms with Crippen LogP contribution in [-0.2, 0) is 4.79 Å². The maximum Gasteiger partial charge on any atom is 0.341 e. The first-order valence-corrected chi connectivity index (χ1v) is 4.94. The van der Waals surface area contributed by atoms with Gasteiger partial charge in [0, 0.05) is 5.92 Å². The molecule has 4 unspecified atom stereocenters. The van der Waals surface area contributed by atoms with Gasteiger partial charge >= 0.3 is 5.97 Å². The zero-order chi connectivity index (χ0) is 9.64. The van der Waals surface area contributed by atoms with Gasteiger partial charge in [-0.2, -0.15) is 0 Å². The third-order valence-corrected chi connectivity index (χ3v) is 3.85. The Morgan fingerprint density at radius 1 is 1.46 bits per heavy atom. The molecule has 2 aliphatic rings. The minimum absolute atomic E-state index is 0.233. The number of halogens is 1. The molecule has 0 heterocycles. The molecule has 0 radical (unpaired) electrons. The minimum Gasteiger partial charge on any atom is -0.479 e. The van der Waals surface area contributed by atoms with Crippen LogP contribution in [0, 0.1) is 17.8 Å². The number of hydrogen-bond donors (Lipinski definition) is 1. The van der Waals surface area contributed by atoms with Crippen LogP contribution in [0.3, 0.4) is 0 Å². The highest BCUT2D eigenvalue weighted by atomic mass is 19.1. The van der Waals surface area contributed by atoms with Gasteiger partial charge in [-0.25, -0.2) is 9.18 Å². The summed E-state index contributed by atoms with van der Waals surface area (Å²) in [6.45, 7) is 1.22. The van der Waals surface area contributed by atoms with Gasteiger partial charge in [0.2, 0.25) is 5.67 Å². The average molecular weight is 186 g/mol. The first-order chi connectivity index (χ1) is 6.01. The molecule has 3 heteroatoms. The largest absolute Gasteiger partial charge is 0.479 e. The van der Waals surface area contributed by atoms with E-state index >= 15 is 0 Å². The highest BCUT2D eigenvalue weighted by Crippen LogP contribution is 2.53. The second kappa shape index (κ2) is 2.69. The quantitative estimate of drug-likeness (QED) is 0.718. The number of carboxylic acids is 1. The Morgan fingerprint density at radius 2 is 2.15 bits per heavy atom. The molecule has 4 atom stereocenters. The Hall–Kier alpha value is -0.600. The Kier molecular flexibility index (Phi) is 1.86. The topological polar surface area (TPSA) is 37.3 Å². The van der Waals surface area contributed by atoms with Gasteiger partial charge < -0.3 is 5.11 Å². The fourth-order valence-corrected chi connectivity index (χ4v) is 3.07. The van der Waals surface area contributed by atoms with Crippen molar-refractivity contribution in [3.8, 4) is 0 Å². The second-order valence-electron chi connectivity index (χ2n) is 4.66. The standard InChI is InChI=1S/C10H15FO2/c1-10(11,9(12)13)8-5-6-2-3-7(8)4-6/h6-8H,2-5H2,1H3,(H,12,13). The average Bonchev–Trinajstić information content (AvgIpc) is 2.63. The second-order valence-corrected chi connectivity index (χ2v) is 4.66. The number of carbonyl (C=O) groups is 1. The summed E-state index contributed by atoms with van der Waals surface area (Å²) < 4.78 is 13.8. The molecule has 2 rings (SSSR count). The van der Waals surface area contributed by atoms with E-state index < -0.39 is 11.6 Å². The molecular weight excluding hydrogens is 171 g/mol. The van der Waals surface area contributed by atoms with E-state index in [-0.39, 0.29) is 5.92 Å². The van der Waals surface area contributed by atoms with E-state index in [1.165, 1.54) is 13.3 Å². The van der Waals surface area contributed by atoms with Gasteiger partial charge in [0.1, 0.15) is 0 Å². The van der Waals surface area contributed by atoms with Crippen molar-refractivity contribution in [1.82, 2.24) is 0 Å². The Labute approximate surface area is 77.1 Å². The molecule has 2 saturated carbocycles. The number of aliphatic carboxylic acids is 1. The summed E-state index contributed by atoms with van der Waals surface area (Å²) in [6.07, 6.45) is 4.04. The van der Waals surface area contributed by atoms with Gasteiger partial charge in [-0.1, -0.05) is 6.42 Å². The zero-order valence-electron chi connectivity index (χ0n) is 7.79. The van der Waals surface area contributed by atoms with Gasteiger partial charge in [-0.3, -0.25) is 0 Å². The molecule has 2 fully saturated rings. The van der Waals surface area contributed by atoms with Crippen LogP contribution in [0.1, 0.15) is 32.6 Å². The van der Waals surface area contributed by atoms with E-state index in [4.69, 9.17) is 5.11 Å². The molecule has 1 N–H and O–H groups in total. The molecule has 0 aliphatic heterocycles. The maximum atomic E-state index is 13.8. The van der Waals surface area contributed by atoms with Gasteiger partial charge in [-0.05, 0) is 38.0 Å². The van der Waals surface area contributed by atoms with Crippen molar-refractivity contribution in [2.45, 2.75) is 38.3 Å². The van der Waals surface area contributed by atoms with Crippen LogP contribution < -0.4 is 0 Å². The normalized spacial score (nSPS) is 41.8. The van der Waals surface area contributed by atoms with E-state index in [1.807, 2.05) is 0 Å². The zero-order valence-corrected chi connectivity index (χ0v) is 7.79. The molecule has 0 aromatic carbocycles. The van der Waals surface area contributed by atoms with Crippen LogP contribution in [0.5, 0.6) is 0 Å². The van der Waals surface area contributed by atoms with Crippen molar-refractivity contribution in [1.29, 1.82) is 0 Å². The third-order valence-electron chi connectivity index (χ3n) is 3.85. The fraction of sp³-hybridized carbons (Fsp3) is 0.900. The van der Waals surface area contributed by atoms with E-state index in [1.54, 1.807) is 0 Å². The summed E-state index contributed by atoms with van der Waals surface area (Å²) in [5.74, 6) is -0.589. The molecule has 2 nitrogen and oxygen atoms in total. The molecular formula is C10H15FO2. The number of carboxylic acid groups (broad SMARTS) is 1. The summed E-state index contributed by atoms with van der Waals surface area (Å²) in [5, 5.41) is 8.75. The Morgan fingerprint density at radius 3 is 2.54 bits per heavy atom. The molecule has 0 saturated heterocycles. The highest BCUT2D eigenvalue weighted by molar-refractivity contribution is 5.77. The molecule has 0 spiro atoms. The fourth-order valence-electron chi connectivity index (χ4n) is 3.07.